The predicted molar refractivity (Wildman–Crippen MR) is 68.2 cm³/mol. The number of nitrogens with one attached hydrogen (secondary N) is 1. The highest BCUT2D eigenvalue weighted by Crippen LogP contribution is 2.19. The van der Waals surface area contributed by atoms with E-state index < -0.39 is 0 Å². The molecule has 1 atom stereocenters. The Morgan fingerprint density at radius 2 is 2.12 bits per heavy atom. The molecule has 1 saturated heterocycles. The van der Waals surface area contributed by atoms with Crippen molar-refractivity contribution in [3.63, 3.8) is 0 Å². The van der Waals surface area contributed by atoms with E-state index in [2.05, 4.69) is 41.5 Å². The number of rotatable bonds is 4. The smallest absolute Gasteiger partial charge is 0.0750 e. The first kappa shape index (κ1) is 11.3. The molecule has 0 aromatic heterocycles. The second-order valence-electron chi connectivity index (χ2n) is 4.31. The molecule has 0 amide bonds. The summed E-state index contributed by atoms with van der Waals surface area (Å²) in [6.45, 7) is 1.91. The zero-order chi connectivity index (χ0) is 11.4. The van der Waals surface area contributed by atoms with Gasteiger partial charge in [0, 0.05) is 38.6 Å². The average molecular weight is 220 g/mol. The highest BCUT2D eigenvalue weighted by molar-refractivity contribution is 5.54. The van der Waals surface area contributed by atoms with Crippen LogP contribution in [0.3, 0.4) is 0 Å². The van der Waals surface area contributed by atoms with Gasteiger partial charge in [-0.3, -0.25) is 0 Å². The van der Waals surface area contributed by atoms with Gasteiger partial charge in [0.1, 0.15) is 0 Å². The largest absolute Gasteiger partial charge is 0.388 e. The molecule has 1 aromatic carbocycles. The first-order valence-corrected chi connectivity index (χ1v) is 5.90. The quantitative estimate of drug-likeness (QED) is 0.843. The summed E-state index contributed by atoms with van der Waals surface area (Å²) in [6.07, 6.45) is 2.81. The Balaban J connectivity index is 1.94. The molecule has 1 aliphatic rings. The summed E-state index contributed by atoms with van der Waals surface area (Å²) in [4.78, 5) is 2.26. The molecule has 0 radical (unpaired) electrons. The van der Waals surface area contributed by atoms with Gasteiger partial charge in [0.2, 0.25) is 0 Å². The Kier molecular flexibility index (Phi) is 3.67. The molecule has 0 bridgehead atoms. The first-order valence-electron chi connectivity index (χ1n) is 5.90. The lowest BCUT2D eigenvalue weighted by Crippen LogP contribution is -2.28. The average Bonchev–Trinajstić information content (AvgIpc) is 2.82. The first-order chi connectivity index (χ1) is 7.79. The van der Waals surface area contributed by atoms with Crippen molar-refractivity contribution < 1.29 is 4.74 Å². The molecule has 1 heterocycles. The minimum Gasteiger partial charge on any atom is -0.388 e. The monoisotopic (exact) mass is 220 g/mol. The van der Waals surface area contributed by atoms with Crippen molar-refractivity contribution in [2.75, 3.05) is 37.5 Å². The molecule has 3 heteroatoms. The van der Waals surface area contributed by atoms with Gasteiger partial charge >= 0.3 is 0 Å². The molecule has 1 N–H and O–H groups in total. The van der Waals surface area contributed by atoms with Crippen LogP contribution in [0.1, 0.15) is 12.8 Å². The Morgan fingerprint density at radius 3 is 2.69 bits per heavy atom. The van der Waals surface area contributed by atoms with E-state index in [-0.39, 0.29) is 0 Å². The predicted octanol–water partition coefficient (Wildman–Crippen LogP) is 2.34. The van der Waals surface area contributed by atoms with E-state index in [4.69, 9.17) is 4.74 Å². The molecule has 3 nitrogen and oxygen atoms in total. The van der Waals surface area contributed by atoms with Gasteiger partial charge in [-0.05, 0) is 37.1 Å². The van der Waals surface area contributed by atoms with Crippen LogP contribution in [0.2, 0.25) is 0 Å². The number of nitrogens with zero attached hydrogens (tertiary/aromatic N) is 1. The Hall–Kier alpha value is -1.22. The van der Waals surface area contributed by atoms with Crippen molar-refractivity contribution in [3.05, 3.63) is 24.3 Å². The third-order valence-electron chi connectivity index (χ3n) is 3.10. The number of benzene rings is 1. The highest BCUT2D eigenvalue weighted by atomic mass is 16.5. The molecule has 16 heavy (non-hydrogen) atoms. The van der Waals surface area contributed by atoms with Crippen molar-refractivity contribution in [2.45, 2.75) is 18.9 Å². The summed E-state index contributed by atoms with van der Waals surface area (Å²) in [6, 6.07) is 8.48. The lowest BCUT2D eigenvalue weighted by atomic mass is 10.2. The topological polar surface area (TPSA) is 24.5 Å². The summed E-state index contributed by atoms with van der Waals surface area (Å²) >= 11 is 0. The number of hydrogen-bond acceptors (Lipinski definition) is 3. The van der Waals surface area contributed by atoms with Gasteiger partial charge < -0.3 is 15.0 Å². The summed E-state index contributed by atoms with van der Waals surface area (Å²) < 4.78 is 5.64. The van der Waals surface area contributed by atoms with Crippen molar-refractivity contribution in [2.24, 2.45) is 0 Å². The lowest BCUT2D eigenvalue weighted by molar-refractivity contribution is 0.116. The Labute approximate surface area is 97.4 Å². The van der Waals surface area contributed by atoms with Crippen LogP contribution in [-0.2, 0) is 4.74 Å². The zero-order valence-electron chi connectivity index (χ0n) is 10.1. The summed E-state index contributed by atoms with van der Waals surface area (Å²) in [5.41, 5.74) is 2.39. The van der Waals surface area contributed by atoms with E-state index >= 15 is 0 Å². The lowest BCUT2D eigenvalue weighted by Gasteiger charge is -2.22. The van der Waals surface area contributed by atoms with Crippen molar-refractivity contribution in [3.8, 4) is 0 Å². The Bertz CT molecular complexity index is 317. The van der Waals surface area contributed by atoms with Gasteiger partial charge in [-0.25, -0.2) is 0 Å². The molecule has 1 aliphatic heterocycles. The van der Waals surface area contributed by atoms with Gasteiger partial charge in [0.05, 0.1) is 6.10 Å². The van der Waals surface area contributed by atoms with Crippen LogP contribution < -0.4 is 10.2 Å². The molecule has 1 fully saturated rings. The van der Waals surface area contributed by atoms with E-state index in [1.807, 2.05) is 7.05 Å². The number of likely N-dealkylation sites (N-methyl/N-ethyl adjacent to an activating group) is 1. The maximum Gasteiger partial charge on any atom is 0.0750 e. The van der Waals surface area contributed by atoms with E-state index in [0.29, 0.717) is 6.10 Å². The van der Waals surface area contributed by atoms with E-state index in [1.165, 1.54) is 18.5 Å². The second-order valence-corrected chi connectivity index (χ2v) is 4.31. The zero-order valence-corrected chi connectivity index (χ0v) is 10.1. The van der Waals surface area contributed by atoms with Gasteiger partial charge in [-0.2, -0.15) is 0 Å². The minimum absolute atomic E-state index is 0.411. The maximum atomic E-state index is 5.64. The van der Waals surface area contributed by atoms with Crippen LogP contribution in [0.5, 0.6) is 0 Å². The van der Waals surface area contributed by atoms with Gasteiger partial charge in [0.15, 0.2) is 0 Å². The second kappa shape index (κ2) is 5.21. The molecule has 88 valence electrons. The van der Waals surface area contributed by atoms with Crippen molar-refractivity contribution >= 4 is 11.4 Å². The molecular formula is C13H20N2O. The molecule has 0 spiro atoms. The maximum absolute atomic E-state index is 5.64. The SMILES string of the molecule is CNc1ccc(N(C)CC2CCCO2)cc1. The van der Waals surface area contributed by atoms with Crippen LogP contribution in [0.4, 0.5) is 11.4 Å². The fraction of sp³-hybridized carbons (Fsp3) is 0.538. The number of anilines is 2. The minimum atomic E-state index is 0.411. The molecule has 2 rings (SSSR count). The summed E-state index contributed by atoms with van der Waals surface area (Å²) in [5, 5.41) is 3.12. The van der Waals surface area contributed by atoms with Crippen molar-refractivity contribution in [1.29, 1.82) is 0 Å². The highest BCUT2D eigenvalue weighted by Gasteiger charge is 2.17. The van der Waals surface area contributed by atoms with E-state index in [0.717, 1.165) is 18.8 Å². The van der Waals surface area contributed by atoms with Crippen molar-refractivity contribution in [1.82, 2.24) is 0 Å². The van der Waals surface area contributed by atoms with Crippen LogP contribution in [0, 0.1) is 0 Å². The summed E-state index contributed by atoms with van der Waals surface area (Å²) in [5.74, 6) is 0. The van der Waals surface area contributed by atoms with Crippen LogP contribution in [0.25, 0.3) is 0 Å². The number of hydrogen-bond donors (Lipinski definition) is 1. The molecular weight excluding hydrogens is 200 g/mol. The fourth-order valence-corrected chi connectivity index (χ4v) is 2.08. The molecule has 0 aliphatic carbocycles. The Morgan fingerprint density at radius 1 is 1.38 bits per heavy atom. The van der Waals surface area contributed by atoms with Gasteiger partial charge in [0.25, 0.3) is 0 Å². The van der Waals surface area contributed by atoms with Crippen LogP contribution in [0.15, 0.2) is 24.3 Å². The standard InChI is InChI=1S/C13H20N2O/c1-14-11-5-7-12(8-6-11)15(2)10-13-4-3-9-16-13/h5-8,13-14H,3-4,9-10H2,1-2H3. The normalized spacial score (nSPS) is 19.8. The van der Waals surface area contributed by atoms with Gasteiger partial charge in [-0.15, -0.1) is 0 Å². The van der Waals surface area contributed by atoms with Gasteiger partial charge in [-0.1, -0.05) is 0 Å². The third-order valence-corrected chi connectivity index (χ3v) is 3.10. The molecule has 1 unspecified atom stereocenters. The van der Waals surface area contributed by atoms with E-state index in [9.17, 15) is 0 Å². The van der Waals surface area contributed by atoms with Crippen LogP contribution >= 0.6 is 0 Å². The molecule has 0 saturated carbocycles. The van der Waals surface area contributed by atoms with Crippen LogP contribution in [-0.4, -0.2) is 33.4 Å². The van der Waals surface area contributed by atoms with E-state index in [1.54, 1.807) is 0 Å². The number of ether oxygens (including phenoxy) is 1. The molecule has 1 aromatic rings. The third kappa shape index (κ3) is 2.67. The summed E-state index contributed by atoms with van der Waals surface area (Å²) in [7, 11) is 4.06. The fourth-order valence-electron chi connectivity index (χ4n) is 2.08.